The number of carbonyl (C=O) groups excluding carboxylic acids is 1. The highest BCUT2D eigenvalue weighted by molar-refractivity contribution is 5.98. The number of aryl methyl sites for hydroxylation is 1. The first-order valence-corrected chi connectivity index (χ1v) is 8.02. The van der Waals surface area contributed by atoms with Crippen LogP contribution in [0.15, 0.2) is 12.1 Å². The van der Waals surface area contributed by atoms with Crippen molar-refractivity contribution in [2.45, 2.75) is 58.8 Å². The van der Waals surface area contributed by atoms with Gasteiger partial charge in [0.25, 0.3) is 0 Å². The number of unbranched alkanes of at least 4 members (excludes halogenated alkanes) is 1. The maximum Gasteiger partial charge on any atom is 0.168 e. The fourth-order valence-corrected chi connectivity index (χ4v) is 3.26. The Morgan fingerprint density at radius 3 is 2.43 bits per heavy atom. The third-order valence-corrected chi connectivity index (χ3v) is 4.70. The number of benzene rings is 1. The second-order valence-corrected chi connectivity index (χ2v) is 6.31. The molecule has 0 aliphatic heterocycles. The molecule has 0 spiro atoms. The standard InChI is InChI=1S/C18H24F2O/c1-3-4-5-13-6-8-14(9-7-13)18(21)15-11-16(19)12(2)10-17(15)20/h10-11,13-14H,3-9H2,1-2H3. The van der Waals surface area contributed by atoms with Crippen LogP contribution < -0.4 is 0 Å². The van der Waals surface area contributed by atoms with E-state index in [4.69, 9.17) is 0 Å². The van der Waals surface area contributed by atoms with Crippen LogP contribution in [0.2, 0.25) is 0 Å². The van der Waals surface area contributed by atoms with Gasteiger partial charge >= 0.3 is 0 Å². The minimum Gasteiger partial charge on any atom is -0.294 e. The Labute approximate surface area is 125 Å². The zero-order valence-electron chi connectivity index (χ0n) is 12.9. The second-order valence-electron chi connectivity index (χ2n) is 6.31. The molecule has 0 bridgehead atoms. The smallest absolute Gasteiger partial charge is 0.168 e. The monoisotopic (exact) mass is 294 g/mol. The van der Waals surface area contributed by atoms with Crippen molar-refractivity contribution < 1.29 is 13.6 Å². The van der Waals surface area contributed by atoms with Gasteiger partial charge in [-0.25, -0.2) is 8.78 Å². The van der Waals surface area contributed by atoms with Crippen molar-refractivity contribution >= 4 is 5.78 Å². The Hall–Kier alpha value is -1.25. The molecule has 1 aromatic carbocycles. The van der Waals surface area contributed by atoms with Gasteiger partial charge in [0.1, 0.15) is 11.6 Å². The zero-order valence-corrected chi connectivity index (χ0v) is 12.9. The molecule has 1 aliphatic rings. The van der Waals surface area contributed by atoms with E-state index in [1.807, 2.05) is 0 Å². The number of hydrogen-bond donors (Lipinski definition) is 0. The third-order valence-electron chi connectivity index (χ3n) is 4.70. The summed E-state index contributed by atoms with van der Waals surface area (Å²) >= 11 is 0. The predicted molar refractivity (Wildman–Crippen MR) is 80.4 cm³/mol. The molecule has 0 heterocycles. The first-order valence-electron chi connectivity index (χ1n) is 8.02. The molecule has 0 amide bonds. The lowest BCUT2D eigenvalue weighted by Crippen LogP contribution is -2.23. The molecule has 1 aliphatic carbocycles. The van der Waals surface area contributed by atoms with Crippen molar-refractivity contribution in [3.63, 3.8) is 0 Å². The number of ketones is 1. The van der Waals surface area contributed by atoms with E-state index in [0.29, 0.717) is 5.92 Å². The summed E-state index contributed by atoms with van der Waals surface area (Å²) in [4.78, 5) is 12.4. The molecular formula is C18H24F2O. The number of rotatable bonds is 5. The Balaban J connectivity index is 2.00. The molecule has 3 heteroatoms. The second kappa shape index (κ2) is 7.15. The molecule has 0 saturated heterocycles. The molecule has 0 N–H and O–H groups in total. The maximum atomic E-state index is 13.9. The summed E-state index contributed by atoms with van der Waals surface area (Å²) in [6, 6.07) is 2.19. The lowest BCUT2D eigenvalue weighted by Gasteiger charge is -2.27. The van der Waals surface area contributed by atoms with Crippen LogP contribution >= 0.6 is 0 Å². The van der Waals surface area contributed by atoms with Gasteiger partial charge in [-0.2, -0.15) is 0 Å². The van der Waals surface area contributed by atoms with Crippen molar-refractivity contribution in [3.8, 4) is 0 Å². The highest BCUT2D eigenvalue weighted by Crippen LogP contribution is 2.34. The topological polar surface area (TPSA) is 17.1 Å². The van der Waals surface area contributed by atoms with E-state index in [2.05, 4.69) is 6.92 Å². The van der Waals surface area contributed by atoms with E-state index in [9.17, 15) is 13.6 Å². The highest BCUT2D eigenvalue weighted by Gasteiger charge is 2.28. The Bertz CT molecular complexity index is 502. The highest BCUT2D eigenvalue weighted by atomic mass is 19.1. The quantitative estimate of drug-likeness (QED) is 0.660. The maximum absolute atomic E-state index is 13.9. The van der Waals surface area contributed by atoms with Gasteiger partial charge in [-0.15, -0.1) is 0 Å². The van der Waals surface area contributed by atoms with Crippen LogP contribution in [0.5, 0.6) is 0 Å². The van der Waals surface area contributed by atoms with Crippen LogP contribution in [0.4, 0.5) is 8.78 Å². The molecule has 1 nitrogen and oxygen atoms in total. The Morgan fingerprint density at radius 2 is 1.81 bits per heavy atom. The van der Waals surface area contributed by atoms with Crippen molar-refractivity contribution in [3.05, 3.63) is 34.9 Å². The molecule has 21 heavy (non-hydrogen) atoms. The predicted octanol–water partition coefficient (Wildman–Crippen LogP) is 5.45. The van der Waals surface area contributed by atoms with Gasteiger partial charge in [0.2, 0.25) is 0 Å². The van der Waals surface area contributed by atoms with Gasteiger partial charge in [0.15, 0.2) is 5.78 Å². The van der Waals surface area contributed by atoms with E-state index < -0.39 is 11.6 Å². The lowest BCUT2D eigenvalue weighted by atomic mass is 9.77. The van der Waals surface area contributed by atoms with Gasteiger partial charge in [-0.3, -0.25) is 4.79 Å². The average molecular weight is 294 g/mol. The minimum atomic E-state index is -0.591. The fraction of sp³-hybridized carbons (Fsp3) is 0.611. The summed E-state index contributed by atoms with van der Waals surface area (Å²) in [5.74, 6) is -0.753. The Kier molecular flexibility index (Phi) is 5.49. The molecular weight excluding hydrogens is 270 g/mol. The van der Waals surface area contributed by atoms with Gasteiger partial charge < -0.3 is 0 Å². The lowest BCUT2D eigenvalue weighted by molar-refractivity contribution is 0.0864. The Morgan fingerprint density at radius 1 is 1.14 bits per heavy atom. The van der Waals surface area contributed by atoms with Crippen LogP contribution in [0.1, 0.15) is 67.8 Å². The molecule has 1 fully saturated rings. The van der Waals surface area contributed by atoms with Crippen LogP contribution in [-0.4, -0.2) is 5.78 Å². The van der Waals surface area contributed by atoms with E-state index in [1.54, 1.807) is 0 Å². The van der Waals surface area contributed by atoms with Gasteiger partial charge in [-0.1, -0.05) is 26.2 Å². The zero-order chi connectivity index (χ0) is 15.4. The summed E-state index contributed by atoms with van der Waals surface area (Å²) in [5, 5.41) is 0. The number of Topliss-reactive ketones (excluding diaryl/α,β-unsaturated/α-hetero) is 1. The average Bonchev–Trinajstić information content (AvgIpc) is 2.48. The van der Waals surface area contributed by atoms with Gasteiger partial charge in [0, 0.05) is 5.92 Å². The van der Waals surface area contributed by atoms with E-state index in [0.717, 1.165) is 37.8 Å². The van der Waals surface area contributed by atoms with Crippen LogP contribution in [0.3, 0.4) is 0 Å². The van der Waals surface area contributed by atoms with Crippen LogP contribution in [0, 0.1) is 30.4 Å². The summed E-state index contributed by atoms with van der Waals surface area (Å²) in [6.07, 6.45) is 7.35. The third kappa shape index (κ3) is 3.90. The largest absolute Gasteiger partial charge is 0.294 e. The fourth-order valence-electron chi connectivity index (χ4n) is 3.26. The van der Waals surface area contributed by atoms with Crippen molar-refractivity contribution in [2.24, 2.45) is 11.8 Å². The molecule has 116 valence electrons. The van der Waals surface area contributed by atoms with Crippen LogP contribution in [0.25, 0.3) is 0 Å². The number of carbonyl (C=O) groups is 1. The number of halogens is 2. The molecule has 0 atom stereocenters. The first kappa shape index (κ1) is 16.1. The molecule has 0 radical (unpaired) electrons. The van der Waals surface area contributed by atoms with Gasteiger partial charge in [0.05, 0.1) is 5.56 Å². The summed E-state index contributed by atoms with van der Waals surface area (Å²) in [5.41, 5.74) is 0.169. The van der Waals surface area contributed by atoms with Crippen molar-refractivity contribution in [1.29, 1.82) is 0 Å². The minimum absolute atomic E-state index is 0.0740. The van der Waals surface area contributed by atoms with Crippen molar-refractivity contribution in [1.82, 2.24) is 0 Å². The van der Waals surface area contributed by atoms with E-state index in [-0.39, 0.29) is 22.8 Å². The molecule has 1 saturated carbocycles. The SMILES string of the molecule is CCCCC1CCC(C(=O)c2cc(F)c(C)cc2F)CC1. The summed E-state index contributed by atoms with van der Waals surface area (Å²) in [7, 11) is 0. The van der Waals surface area contributed by atoms with E-state index >= 15 is 0 Å². The summed E-state index contributed by atoms with van der Waals surface area (Å²) < 4.78 is 27.5. The number of hydrogen-bond acceptors (Lipinski definition) is 1. The summed E-state index contributed by atoms with van der Waals surface area (Å²) in [6.45, 7) is 3.69. The van der Waals surface area contributed by atoms with Crippen LogP contribution in [-0.2, 0) is 0 Å². The molecule has 1 aromatic rings. The van der Waals surface area contributed by atoms with E-state index in [1.165, 1.54) is 26.2 Å². The molecule has 2 rings (SSSR count). The van der Waals surface area contributed by atoms with Gasteiger partial charge in [-0.05, 0) is 56.2 Å². The molecule has 0 unspecified atom stereocenters. The van der Waals surface area contributed by atoms with Crippen molar-refractivity contribution in [2.75, 3.05) is 0 Å². The molecule has 0 aromatic heterocycles. The normalized spacial score (nSPS) is 22.3. The first-order chi connectivity index (χ1) is 10.0.